The highest BCUT2D eigenvalue weighted by Crippen LogP contribution is 2.35. The number of halogens is 1. The molecular formula is C13H13ClO2. The van der Waals surface area contributed by atoms with Gasteiger partial charge in [-0.15, -0.1) is 0 Å². The van der Waals surface area contributed by atoms with Crippen LogP contribution in [-0.2, 0) is 9.53 Å². The van der Waals surface area contributed by atoms with Gasteiger partial charge in [-0.05, 0) is 11.5 Å². The van der Waals surface area contributed by atoms with Crippen molar-refractivity contribution in [2.75, 3.05) is 0 Å². The lowest BCUT2D eigenvalue weighted by molar-refractivity contribution is -0.139. The van der Waals surface area contributed by atoms with Gasteiger partial charge in [-0.1, -0.05) is 55.8 Å². The van der Waals surface area contributed by atoms with Gasteiger partial charge in [-0.3, -0.25) is 0 Å². The third-order valence-electron chi connectivity index (χ3n) is 2.59. The van der Waals surface area contributed by atoms with Crippen molar-refractivity contribution < 1.29 is 9.53 Å². The lowest BCUT2D eigenvalue weighted by Crippen LogP contribution is -2.16. The molecule has 2 nitrogen and oxygen atoms in total. The number of hydrogen-bond acceptors (Lipinski definition) is 2. The minimum absolute atomic E-state index is 0.192. The number of carbonyl (C=O) groups is 1. The van der Waals surface area contributed by atoms with E-state index in [0.29, 0.717) is 10.6 Å². The highest BCUT2D eigenvalue weighted by Gasteiger charge is 2.35. The first kappa shape index (κ1) is 11.2. The van der Waals surface area contributed by atoms with Crippen LogP contribution >= 0.6 is 11.6 Å². The molecule has 1 aliphatic rings. The molecule has 0 radical (unpaired) electrons. The Morgan fingerprint density at radius 1 is 1.25 bits per heavy atom. The summed E-state index contributed by atoms with van der Waals surface area (Å²) >= 11 is 6.20. The molecular weight excluding hydrogens is 224 g/mol. The van der Waals surface area contributed by atoms with Gasteiger partial charge >= 0.3 is 5.97 Å². The standard InChI is InChI=1S/C13H13ClO2/c1-8(2)12-11(14)10(13(15)16-12)9-6-4-3-5-7-9/h3-8,12H,1-2H3. The fourth-order valence-corrected chi connectivity index (χ4v) is 2.24. The van der Waals surface area contributed by atoms with Gasteiger partial charge in [0.05, 0.1) is 10.6 Å². The molecule has 16 heavy (non-hydrogen) atoms. The lowest BCUT2D eigenvalue weighted by Gasteiger charge is -2.13. The zero-order valence-electron chi connectivity index (χ0n) is 9.24. The topological polar surface area (TPSA) is 26.3 Å². The van der Waals surface area contributed by atoms with Crippen LogP contribution in [-0.4, -0.2) is 12.1 Å². The van der Waals surface area contributed by atoms with E-state index in [-0.39, 0.29) is 18.0 Å². The number of esters is 1. The summed E-state index contributed by atoms with van der Waals surface area (Å²) in [6.07, 6.45) is -0.302. The molecule has 0 aliphatic carbocycles. The van der Waals surface area contributed by atoms with E-state index in [1.807, 2.05) is 44.2 Å². The van der Waals surface area contributed by atoms with Crippen molar-refractivity contribution in [3.63, 3.8) is 0 Å². The monoisotopic (exact) mass is 236 g/mol. The summed E-state index contributed by atoms with van der Waals surface area (Å²) in [7, 11) is 0. The van der Waals surface area contributed by atoms with Crippen LogP contribution in [0.15, 0.2) is 35.4 Å². The maximum absolute atomic E-state index is 11.7. The second-order valence-electron chi connectivity index (χ2n) is 4.16. The summed E-state index contributed by atoms with van der Waals surface area (Å²) < 4.78 is 5.26. The molecule has 0 aromatic heterocycles. The van der Waals surface area contributed by atoms with Crippen molar-refractivity contribution >= 4 is 23.1 Å². The number of cyclic esters (lactones) is 1. The Labute approximate surface area is 99.9 Å². The van der Waals surface area contributed by atoms with Gasteiger partial charge in [-0.25, -0.2) is 4.79 Å². The largest absolute Gasteiger partial charge is 0.453 e. The Morgan fingerprint density at radius 2 is 1.88 bits per heavy atom. The van der Waals surface area contributed by atoms with Crippen LogP contribution in [0.4, 0.5) is 0 Å². The molecule has 1 aromatic carbocycles. The Hall–Kier alpha value is -1.28. The third kappa shape index (κ3) is 1.85. The maximum Gasteiger partial charge on any atom is 0.340 e. The minimum atomic E-state index is -0.324. The van der Waals surface area contributed by atoms with Gasteiger partial charge in [0.25, 0.3) is 0 Å². The summed E-state index contributed by atoms with van der Waals surface area (Å²) in [6, 6.07) is 9.38. The highest BCUT2D eigenvalue weighted by molar-refractivity contribution is 6.40. The highest BCUT2D eigenvalue weighted by atomic mass is 35.5. The van der Waals surface area contributed by atoms with E-state index in [4.69, 9.17) is 16.3 Å². The second-order valence-corrected chi connectivity index (χ2v) is 4.57. The van der Waals surface area contributed by atoms with Crippen molar-refractivity contribution in [3.05, 3.63) is 40.9 Å². The van der Waals surface area contributed by atoms with Crippen molar-refractivity contribution in [1.82, 2.24) is 0 Å². The molecule has 0 saturated carbocycles. The lowest BCUT2D eigenvalue weighted by atomic mass is 10.0. The predicted molar refractivity (Wildman–Crippen MR) is 63.9 cm³/mol. The number of ether oxygens (including phenoxy) is 1. The van der Waals surface area contributed by atoms with E-state index in [9.17, 15) is 4.79 Å². The van der Waals surface area contributed by atoms with E-state index in [1.54, 1.807) is 0 Å². The first-order valence-corrected chi connectivity index (χ1v) is 5.65. The second kappa shape index (κ2) is 4.30. The van der Waals surface area contributed by atoms with Crippen LogP contribution < -0.4 is 0 Å². The summed E-state index contributed by atoms with van der Waals surface area (Å²) in [5.41, 5.74) is 1.32. The fourth-order valence-electron chi connectivity index (χ4n) is 1.76. The van der Waals surface area contributed by atoms with Gasteiger partial charge in [0.2, 0.25) is 0 Å². The first-order valence-electron chi connectivity index (χ1n) is 5.27. The Morgan fingerprint density at radius 3 is 2.38 bits per heavy atom. The smallest absolute Gasteiger partial charge is 0.340 e. The van der Waals surface area contributed by atoms with Crippen LogP contribution in [0.1, 0.15) is 19.4 Å². The summed E-state index contributed by atoms with van der Waals surface area (Å²) in [5, 5.41) is 0.520. The zero-order chi connectivity index (χ0) is 11.7. The molecule has 0 amide bonds. The van der Waals surface area contributed by atoms with E-state index in [0.717, 1.165) is 5.56 Å². The molecule has 2 rings (SSSR count). The minimum Gasteiger partial charge on any atom is -0.453 e. The van der Waals surface area contributed by atoms with E-state index < -0.39 is 0 Å². The maximum atomic E-state index is 11.7. The van der Waals surface area contributed by atoms with Crippen molar-refractivity contribution in [3.8, 4) is 0 Å². The molecule has 84 valence electrons. The normalized spacial score (nSPS) is 20.5. The first-order chi connectivity index (χ1) is 7.61. The SMILES string of the molecule is CC(C)C1OC(=O)C(c2ccccc2)=C1Cl. The fraction of sp³-hybridized carbons (Fsp3) is 0.308. The number of rotatable bonds is 2. The van der Waals surface area contributed by atoms with Crippen molar-refractivity contribution in [2.45, 2.75) is 20.0 Å². The van der Waals surface area contributed by atoms with Gasteiger partial charge in [0, 0.05) is 0 Å². The summed E-state index contributed by atoms with van der Waals surface area (Å²) in [6.45, 7) is 3.96. The molecule has 0 saturated heterocycles. The molecule has 0 bridgehead atoms. The van der Waals surface area contributed by atoms with Crippen LogP contribution in [0.25, 0.3) is 5.57 Å². The van der Waals surface area contributed by atoms with Crippen molar-refractivity contribution in [1.29, 1.82) is 0 Å². The quantitative estimate of drug-likeness (QED) is 0.737. The molecule has 1 unspecified atom stereocenters. The predicted octanol–water partition coefficient (Wildman–Crippen LogP) is 3.22. The van der Waals surface area contributed by atoms with E-state index in [2.05, 4.69) is 0 Å². The van der Waals surface area contributed by atoms with Gasteiger partial charge in [0.15, 0.2) is 0 Å². The van der Waals surface area contributed by atoms with E-state index >= 15 is 0 Å². The number of carbonyl (C=O) groups excluding carboxylic acids is 1. The van der Waals surface area contributed by atoms with Crippen LogP contribution in [0.2, 0.25) is 0 Å². The molecule has 1 atom stereocenters. The molecule has 0 spiro atoms. The van der Waals surface area contributed by atoms with Crippen molar-refractivity contribution in [2.24, 2.45) is 5.92 Å². The number of benzene rings is 1. The van der Waals surface area contributed by atoms with Gasteiger partial charge in [0.1, 0.15) is 6.10 Å². The molecule has 1 aliphatic heterocycles. The summed E-state index contributed by atoms with van der Waals surface area (Å²) in [5.74, 6) is -0.132. The molecule has 0 N–H and O–H groups in total. The summed E-state index contributed by atoms with van der Waals surface area (Å²) in [4.78, 5) is 11.7. The Balaban J connectivity index is 2.44. The molecule has 1 heterocycles. The molecule has 3 heteroatoms. The molecule has 1 aromatic rings. The average Bonchev–Trinajstić information content (AvgIpc) is 2.56. The average molecular weight is 237 g/mol. The van der Waals surface area contributed by atoms with Gasteiger partial charge < -0.3 is 4.74 Å². The third-order valence-corrected chi connectivity index (χ3v) is 3.00. The van der Waals surface area contributed by atoms with Crippen LogP contribution in [0, 0.1) is 5.92 Å². The molecule has 0 fully saturated rings. The van der Waals surface area contributed by atoms with E-state index in [1.165, 1.54) is 0 Å². The van der Waals surface area contributed by atoms with Crippen LogP contribution in [0.5, 0.6) is 0 Å². The zero-order valence-corrected chi connectivity index (χ0v) is 9.99. The Bertz CT molecular complexity index is 435. The van der Waals surface area contributed by atoms with Crippen LogP contribution in [0.3, 0.4) is 0 Å². The van der Waals surface area contributed by atoms with Gasteiger partial charge in [-0.2, -0.15) is 0 Å². The number of hydrogen-bond donors (Lipinski definition) is 0. The Kier molecular flexibility index (Phi) is 3.01.